The van der Waals surface area contributed by atoms with Gasteiger partial charge in [0.1, 0.15) is 17.4 Å². The number of benzene rings is 2. The Morgan fingerprint density at radius 2 is 1.94 bits per heavy atom. The molecule has 5 rings (SSSR count). The Bertz CT molecular complexity index is 1450. The molecule has 2 aromatic carbocycles. The van der Waals surface area contributed by atoms with Gasteiger partial charge in [-0.15, -0.1) is 0 Å². The van der Waals surface area contributed by atoms with Gasteiger partial charge in [-0.25, -0.2) is 9.67 Å². The number of para-hydroxylation sites is 1. The van der Waals surface area contributed by atoms with Crippen LogP contribution >= 0.6 is 11.6 Å². The van der Waals surface area contributed by atoms with Crippen molar-refractivity contribution in [1.29, 1.82) is 0 Å². The molecule has 0 aliphatic rings. The van der Waals surface area contributed by atoms with Crippen LogP contribution in [0.3, 0.4) is 0 Å². The first kappa shape index (κ1) is 20.0. The molecule has 0 unspecified atom stereocenters. The largest absolute Gasteiger partial charge is 0.351 e. The van der Waals surface area contributed by atoms with E-state index < -0.39 is 0 Å². The van der Waals surface area contributed by atoms with Crippen LogP contribution in [0.1, 0.15) is 16.1 Å². The lowest BCUT2D eigenvalue weighted by Crippen LogP contribution is -2.28. The van der Waals surface area contributed by atoms with Gasteiger partial charge in [0, 0.05) is 22.5 Å². The number of aromatic nitrogens is 5. The molecule has 2 N–H and O–H groups in total. The summed E-state index contributed by atoms with van der Waals surface area (Å²) in [6, 6.07) is 16.9. The third kappa shape index (κ3) is 3.88. The summed E-state index contributed by atoms with van der Waals surface area (Å²) in [7, 11) is 0. The van der Waals surface area contributed by atoms with Crippen LogP contribution in [0.25, 0.3) is 21.9 Å². The molecular formula is C23H19ClN6O2. The summed E-state index contributed by atoms with van der Waals surface area (Å²) in [6.45, 7) is 1.13. The molecule has 0 bridgehead atoms. The Labute approximate surface area is 187 Å². The van der Waals surface area contributed by atoms with Crippen LogP contribution in [0.2, 0.25) is 5.02 Å². The van der Waals surface area contributed by atoms with E-state index in [9.17, 15) is 9.59 Å². The minimum absolute atomic E-state index is 0.168. The van der Waals surface area contributed by atoms with E-state index in [1.54, 1.807) is 16.8 Å². The van der Waals surface area contributed by atoms with Gasteiger partial charge in [0.2, 0.25) is 0 Å². The van der Waals surface area contributed by atoms with E-state index in [4.69, 9.17) is 11.6 Å². The first-order valence-corrected chi connectivity index (χ1v) is 10.5. The van der Waals surface area contributed by atoms with Gasteiger partial charge in [-0.05, 0) is 29.8 Å². The van der Waals surface area contributed by atoms with Gasteiger partial charge in [0.15, 0.2) is 5.65 Å². The monoisotopic (exact) mass is 446 g/mol. The smallest absolute Gasteiger partial charge is 0.267 e. The zero-order valence-electron chi connectivity index (χ0n) is 17.0. The van der Waals surface area contributed by atoms with Crippen molar-refractivity contribution in [3.63, 3.8) is 0 Å². The maximum Gasteiger partial charge on any atom is 0.267 e. The lowest BCUT2D eigenvalue weighted by molar-refractivity contribution is 0.0948. The number of rotatable bonds is 6. The number of carbonyl (C=O) groups excluding carboxylic acids is 1. The Kier molecular flexibility index (Phi) is 5.20. The molecule has 9 heteroatoms. The molecule has 8 nitrogen and oxygen atoms in total. The highest BCUT2D eigenvalue weighted by molar-refractivity contribution is 6.30. The molecule has 0 radical (unpaired) electrons. The predicted octanol–water partition coefficient (Wildman–Crippen LogP) is 3.21. The third-order valence-electron chi connectivity index (χ3n) is 5.27. The number of H-pyrrole nitrogens is 1. The Hall–Kier alpha value is -3.91. The van der Waals surface area contributed by atoms with Crippen molar-refractivity contribution in [2.45, 2.75) is 13.1 Å². The molecule has 0 fully saturated rings. The standard InChI is InChI=1S/C23H19ClN6O2/c24-17-7-5-15(6-8-17)13-29-14-26-21-18(23(29)32)12-27-30(21)10-9-25-22(31)20-11-16-3-1-2-4-19(16)28-20/h1-8,11-12,14,28H,9-10,13H2,(H,25,31). The van der Waals surface area contributed by atoms with Crippen molar-refractivity contribution < 1.29 is 4.79 Å². The molecule has 1 amide bonds. The van der Waals surface area contributed by atoms with E-state index in [0.29, 0.717) is 41.4 Å². The van der Waals surface area contributed by atoms with E-state index in [1.807, 2.05) is 42.5 Å². The molecule has 0 aliphatic heterocycles. The van der Waals surface area contributed by atoms with Gasteiger partial charge in [0.05, 0.1) is 19.3 Å². The summed E-state index contributed by atoms with van der Waals surface area (Å²) in [5.41, 5.74) is 2.68. The summed E-state index contributed by atoms with van der Waals surface area (Å²) in [5, 5.41) is 9.22. The fourth-order valence-electron chi connectivity index (χ4n) is 3.63. The number of hydrogen-bond acceptors (Lipinski definition) is 4. The number of carbonyl (C=O) groups is 1. The molecular weight excluding hydrogens is 428 g/mol. The average Bonchev–Trinajstić information content (AvgIpc) is 3.42. The van der Waals surface area contributed by atoms with Crippen LogP contribution in [-0.2, 0) is 13.1 Å². The number of hydrogen-bond donors (Lipinski definition) is 2. The van der Waals surface area contributed by atoms with Crippen molar-refractivity contribution in [1.82, 2.24) is 29.6 Å². The van der Waals surface area contributed by atoms with Gasteiger partial charge in [-0.3, -0.25) is 14.2 Å². The first-order valence-electron chi connectivity index (χ1n) is 10.1. The summed E-state index contributed by atoms with van der Waals surface area (Å²) < 4.78 is 3.16. The second-order valence-electron chi connectivity index (χ2n) is 7.44. The van der Waals surface area contributed by atoms with Crippen molar-refractivity contribution in [2.24, 2.45) is 0 Å². The molecule has 0 saturated heterocycles. The van der Waals surface area contributed by atoms with Gasteiger partial charge in [0.25, 0.3) is 11.5 Å². The van der Waals surface area contributed by atoms with Gasteiger partial charge >= 0.3 is 0 Å². The highest BCUT2D eigenvalue weighted by Crippen LogP contribution is 2.14. The topological polar surface area (TPSA) is 97.6 Å². The van der Waals surface area contributed by atoms with Crippen molar-refractivity contribution in [2.75, 3.05) is 6.54 Å². The first-order chi connectivity index (χ1) is 15.6. The predicted molar refractivity (Wildman–Crippen MR) is 123 cm³/mol. The number of aromatic amines is 1. The molecule has 3 aromatic heterocycles. The summed E-state index contributed by atoms with van der Waals surface area (Å²) in [5.74, 6) is -0.198. The lowest BCUT2D eigenvalue weighted by Gasteiger charge is -2.07. The normalized spacial score (nSPS) is 11.3. The van der Waals surface area contributed by atoms with E-state index in [0.717, 1.165) is 16.5 Å². The van der Waals surface area contributed by atoms with Crippen LogP contribution in [0.5, 0.6) is 0 Å². The highest BCUT2D eigenvalue weighted by Gasteiger charge is 2.12. The van der Waals surface area contributed by atoms with Crippen LogP contribution < -0.4 is 10.9 Å². The number of nitrogens with zero attached hydrogens (tertiary/aromatic N) is 4. The Balaban J connectivity index is 1.27. The van der Waals surface area contributed by atoms with Crippen molar-refractivity contribution in [3.05, 3.63) is 93.8 Å². The number of fused-ring (bicyclic) bond motifs is 2. The molecule has 0 spiro atoms. The SMILES string of the molecule is O=C(NCCn1ncc2c(=O)n(Cc3ccc(Cl)cc3)cnc21)c1cc2ccccc2[nH]1. The quantitative estimate of drug-likeness (QED) is 0.418. The fraction of sp³-hybridized carbons (Fsp3) is 0.130. The molecule has 5 aromatic rings. The summed E-state index contributed by atoms with van der Waals surface area (Å²) in [6.07, 6.45) is 3.03. The molecule has 160 valence electrons. The Morgan fingerprint density at radius 3 is 2.75 bits per heavy atom. The second kappa shape index (κ2) is 8.32. The van der Waals surface area contributed by atoms with Crippen LogP contribution in [0.4, 0.5) is 0 Å². The van der Waals surface area contributed by atoms with E-state index >= 15 is 0 Å². The maximum atomic E-state index is 12.8. The number of halogens is 1. The molecule has 0 saturated carbocycles. The van der Waals surface area contributed by atoms with Crippen molar-refractivity contribution in [3.8, 4) is 0 Å². The van der Waals surface area contributed by atoms with Crippen LogP contribution in [-0.4, -0.2) is 36.8 Å². The van der Waals surface area contributed by atoms with E-state index in [2.05, 4.69) is 20.4 Å². The van der Waals surface area contributed by atoms with Crippen molar-refractivity contribution >= 4 is 39.4 Å². The lowest BCUT2D eigenvalue weighted by atomic mass is 10.2. The number of nitrogens with one attached hydrogen (secondary N) is 2. The van der Waals surface area contributed by atoms with E-state index in [-0.39, 0.29) is 11.5 Å². The number of amides is 1. The maximum absolute atomic E-state index is 12.8. The minimum Gasteiger partial charge on any atom is -0.351 e. The van der Waals surface area contributed by atoms with Gasteiger partial charge < -0.3 is 10.3 Å². The van der Waals surface area contributed by atoms with Gasteiger partial charge in [-0.2, -0.15) is 5.10 Å². The molecule has 3 heterocycles. The molecule has 0 atom stereocenters. The molecule has 32 heavy (non-hydrogen) atoms. The molecule has 0 aliphatic carbocycles. The third-order valence-corrected chi connectivity index (χ3v) is 5.52. The average molecular weight is 447 g/mol. The fourth-order valence-corrected chi connectivity index (χ4v) is 3.75. The van der Waals surface area contributed by atoms with Gasteiger partial charge in [-0.1, -0.05) is 41.9 Å². The highest BCUT2D eigenvalue weighted by atomic mass is 35.5. The van der Waals surface area contributed by atoms with Crippen LogP contribution in [0.15, 0.2) is 71.9 Å². The van der Waals surface area contributed by atoms with Crippen LogP contribution in [0, 0.1) is 0 Å². The second-order valence-corrected chi connectivity index (χ2v) is 7.87. The Morgan fingerprint density at radius 1 is 1.12 bits per heavy atom. The zero-order valence-corrected chi connectivity index (χ0v) is 17.7. The minimum atomic E-state index is -0.198. The summed E-state index contributed by atoms with van der Waals surface area (Å²) in [4.78, 5) is 32.8. The van der Waals surface area contributed by atoms with E-state index in [1.165, 1.54) is 17.1 Å². The zero-order chi connectivity index (χ0) is 22.1. The summed E-state index contributed by atoms with van der Waals surface area (Å²) >= 11 is 5.92.